The summed E-state index contributed by atoms with van der Waals surface area (Å²) < 4.78 is 1.22. The molecule has 3 rings (SSSR count). The smallest absolute Gasteiger partial charge is 0.0216 e. The monoisotopic (exact) mass is 284 g/mol. The van der Waals surface area contributed by atoms with Gasteiger partial charge in [-0.25, -0.2) is 0 Å². The van der Waals surface area contributed by atoms with E-state index in [1.165, 1.54) is 32.3 Å². The van der Waals surface area contributed by atoms with Crippen molar-refractivity contribution in [1.82, 2.24) is 0 Å². The Bertz CT molecular complexity index is 594. The summed E-state index contributed by atoms with van der Waals surface area (Å²) in [5.41, 5.74) is 6.98. The minimum absolute atomic E-state index is 1.06. The highest BCUT2D eigenvalue weighted by molar-refractivity contribution is 9.10. The van der Waals surface area contributed by atoms with Gasteiger partial charge in [-0.3, -0.25) is 0 Å². The van der Waals surface area contributed by atoms with Crippen molar-refractivity contribution in [3.8, 4) is 0 Å². The van der Waals surface area contributed by atoms with Crippen molar-refractivity contribution in [1.29, 1.82) is 0 Å². The average molecular weight is 285 g/mol. The van der Waals surface area contributed by atoms with Crippen LogP contribution in [0.1, 0.15) is 23.6 Å². The molecule has 0 amide bonds. The molecule has 0 heterocycles. The zero-order valence-corrected chi connectivity index (χ0v) is 11.3. The summed E-state index contributed by atoms with van der Waals surface area (Å²) >= 11 is 3.65. The second kappa shape index (κ2) is 4.15. The molecule has 0 bridgehead atoms. The van der Waals surface area contributed by atoms with Crippen molar-refractivity contribution in [3.63, 3.8) is 0 Å². The van der Waals surface area contributed by atoms with Gasteiger partial charge in [-0.05, 0) is 41.7 Å². The molecule has 0 atom stereocenters. The first-order valence-corrected chi connectivity index (χ1v) is 6.59. The highest BCUT2D eigenvalue weighted by atomic mass is 79.9. The van der Waals surface area contributed by atoms with E-state index in [0.717, 1.165) is 6.42 Å². The van der Waals surface area contributed by atoms with Gasteiger partial charge in [0, 0.05) is 4.47 Å². The molecule has 0 N–H and O–H groups in total. The maximum Gasteiger partial charge on any atom is 0.0216 e. The molecule has 1 aliphatic rings. The lowest BCUT2D eigenvalue weighted by molar-refractivity contribution is 1.18. The van der Waals surface area contributed by atoms with Gasteiger partial charge in [-0.1, -0.05) is 64.0 Å². The minimum atomic E-state index is 1.06. The van der Waals surface area contributed by atoms with Gasteiger partial charge in [0.05, 0.1) is 0 Å². The molecule has 0 fully saturated rings. The van der Waals surface area contributed by atoms with Gasteiger partial charge in [0.1, 0.15) is 0 Å². The Morgan fingerprint density at radius 2 is 1.71 bits per heavy atom. The molecule has 1 heteroatoms. The van der Waals surface area contributed by atoms with Crippen LogP contribution >= 0.6 is 15.9 Å². The van der Waals surface area contributed by atoms with Gasteiger partial charge in [0.25, 0.3) is 0 Å². The van der Waals surface area contributed by atoms with Gasteiger partial charge < -0.3 is 0 Å². The highest BCUT2D eigenvalue weighted by Gasteiger charge is 2.21. The number of hydrogen-bond donors (Lipinski definition) is 0. The SMILES string of the molecule is CC1=C(c2ccccc2)c2cccc(Br)c2C1. The van der Waals surface area contributed by atoms with E-state index >= 15 is 0 Å². The van der Waals surface area contributed by atoms with Crippen molar-refractivity contribution in [2.75, 3.05) is 0 Å². The third-order valence-electron chi connectivity index (χ3n) is 3.32. The molecule has 84 valence electrons. The van der Waals surface area contributed by atoms with Crippen molar-refractivity contribution in [2.24, 2.45) is 0 Å². The quantitative estimate of drug-likeness (QED) is 0.704. The van der Waals surface area contributed by atoms with Gasteiger partial charge in [-0.2, -0.15) is 0 Å². The van der Waals surface area contributed by atoms with E-state index in [9.17, 15) is 0 Å². The van der Waals surface area contributed by atoms with Crippen molar-refractivity contribution in [2.45, 2.75) is 13.3 Å². The van der Waals surface area contributed by atoms with Crippen LogP contribution in [-0.4, -0.2) is 0 Å². The maximum atomic E-state index is 3.65. The van der Waals surface area contributed by atoms with Crippen LogP contribution in [0.2, 0.25) is 0 Å². The second-order valence-corrected chi connectivity index (χ2v) is 5.32. The van der Waals surface area contributed by atoms with Crippen LogP contribution in [0.4, 0.5) is 0 Å². The fourth-order valence-electron chi connectivity index (χ4n) is 2.56. The third-order valence-corrected chi connectivity index (χ3v) is 4.06. The molecule has 0 nitrogen and oxygen atoms in total. The standard InChI is InChI=1S/C16H13Br/c1-11-10-14-13(8-5-9-15(14)17)16(11)12-6-3-2-4-7-12/h2-9H,10H2,1H3. The molecule has 0 spiro atoms. The summed E-state index contributed by atoms with van der Waals surface area (Å²) in [6, 6.07) is 17.1. The van der Waals surface area contributed by atoms with E-state index in [4.69, 9.17) is 0 Å². The van der Waals surface area contributed by atoms with E-state index in [1.54, 1.807) is 0 Å². The largest absolute Gasteiger partial charge is 0.0622 e. The lowest BCUT2D eigenvalue weighted by Crippen LogP contribution is -1.87. The predicted molar refractivity (Wildman–Crippen MR) is 76.0 cm³/mol. The van der Waals surface area contributed by atoms with E-state index in [-0.39, 0.29) is 0 Å². The Balaban J connectivity index is 2.20. The van der Waals surface area contributed by atoms with Crippen LogP contribution < -0.4 is 0 Å². The number of allylic oxidation sites excluding steroid dienone is 1. The van der Waals surface area contributed by atoms with Gasteiger partial charge in [0.15, 0.2) is 0 Å². The number of rotatable bonds is 1. The summed E-state index contributed by atoms with van der Waals surface area (Å²) in [6.45, 7) is 2.23. The lowest BCUT2D eigenvalue weighted by Gasteiger charge is -2.07. The molecule has 2 aromatic carbocycles. The van der Waals surface area contributed by atoms with Crippen molar-refractivity contribution < 1.29 is 0 Å². The Morgan fingerprint density at radius 1 is 0.941 bits per heavy atom. The number of hydrogen-bond acceptors (Lipinski definition) is 0. The zero-order valence-electron chi connectivity index (χ0n) is 9.70. The first kappa shape index (κ1) is 10.8. The summed E-state index contributed by atoms with van der Waals surface area (Å²) in [5, 5.41) is 0. The molecule has 0 saturated carbocycles. The van der Waals surface area contributed by atoms with E-state index in [1.807, 2.05) is 0 Å². The Labute approximate surface area is 110 Å². The minimum Gasteiger partial charge on any atom is -0.0622 e. The van der Waals surface area contributed by atoms with E-state index < -0.39 is 0 Å². The lowest BCUT2D eigenvalue weighted by atomic mass is 9.98. The fraction of sp³-hybridized carbons (Fsp3) is 0.125. The summed E-state index contributed by atoms with van der Waals surface area (Å²) in [6.07, 6.45) is 1.06. The molecule has 1 aliphatic carbocycles. The van der Waals surface area contributed by atoms with Crippen LogP contribution in [-0.2, 0) is 6.42 Å². The van der Waals surface area contributed by atoms with Gasteiger partial charge in [-0.15, -0.1) is 0 Å². The van der Waals surface area contributed by atoms with E-state index in [2.05, 4.69) is 71.4 Å². The van der Waals surface area contributed by atoms with Gasteiger partial charge in [0.2, 0.25) is 0 Å². The molecule has 0 aromatic heterocycles. The molecular weight excluding hydrogens is 272 g/mol. The molecule has 0 aliphatic heterocycles. The van der Waals surface area contributed by atoms with Crippen LogP contribution in [0.5, 0.6) is 0 Å². The summed E-state index contributed by atoms with van der Waals surface area (Å²) in [4.78, 5) is 0. The van der Waals surface area contributed by atoms with E-state index in [0.29, 0.717) is 0 Å². The average Bonchev–Trinajstić information content (AvgIpc) is 2.68. The molecule has 17 heavy (non-hydrogen) atoms. The number of fused-ring (bicyclic) bond motifs is 1. The Hall–Kier alpha value is -1.34. The van der Waals surface area contributed by atoms with Crippen LogP contribution in [0.15, 0.2) is 58.6 Å². The summed E-state index contributed by atoms with van der Waals surface area (Å²) in [5.74, 6) is 0. The first-order valence-electron chi connectivity index (χ1n) is 5.80. The maximum absolute atomic E-state index is 3.65. The molecule has 0 saturated heterocycles. The van der Waals surface area contributed by atoms with Crippen molar-refractivity contribution in [3.05, 3.63) is 75.3 Å². The van der Waals surface area contributed by atoms with Crippen molar-refractivity contribution >= 4 is 21.5 Å². The van der Waals surface area contributed by atoms with Crippen LogP contribution in [0, 0.1) is 0 Å². The molecule has 0 unspecified atom stereocenters. The van der Waals surface area contributed by atoms with Crippen LogP contribution in [0.25, 0.3) is 5.57 Å². The summed E-state index contributed by atoms with van der Waals surface area (Å²) in [7, 11) is 0. The zero-order chi connectivity index (χ0) is 11.8. The number of benzene rings is 2. The second-order valence-electron chi connectivity index (χ2n) is 4.46. The number of halogens is 1. The van der Waals surface area contributed by atoms with Crippen LogP contribution in [0.3, 0.4) is 0 Å². The molecular formula is C16H13Br. The molecule has 2 aromatic rings. The topological polar surface area (TPSA) is 0 Å². The van der Waals surface area contributed by atoms with Gasteiger partial charge >= 0.3 is 0 Å². The predicted octanol–water partition coefficient (Wildman–Crippen LogP) is 4.83. The Kier molecular flexibility index (Phi) is 2.64. The fourth-order valence-corrected chi connectivity index (χ4v) is 3.07. The highest BCUT2D eigenvalue weighted by Crippen LogP contribution is 2.40. The Morgan fingerprint density at radius 3 is 2.47 bits per heavy atom. The first-order chi connectivity index (χ1) is 8.27. The molecule has 0 radical (unpaired) electrons. The normalized spacial score (nSPS) is 14.0. The third kappa shape index (κ3) is 1.75.